The van der Waals surface area contributed by atoms with Crippen LogP contribution in [0.25, 0.3) is 22.3 Å². The molecule has 38 heavy (non-hydrogen) atoms. The van der Waals surface area contributed by atoms with Crippen LogP contribution in [0.2, 0.25) is 0 Å². The number of hydrogen-bond donors (Lipinski definition) is 2. The Bertz CT molecular complexity index is 1440. The lowest BCUT2D eigenvalue weighted by Crippen LogP contribution is -2.49. The third-order valence-electron chi connectivity index (χ3n) is 6.21. The second kappa shape index (κ2) is 10.5. The Morgan fingerprint density at radius 1 is 1.08 bits per heavy atom. The number of H-pyrrole nitrogens is 1. The Morgan fingerprint density at radius 3 is 2.55 bits per heavy atom. The van der Waals surface area contributed by atoms with Crippen molar-refractivity contribution < 1.29 is 22.7 Å². The van der Waals surface area contributed by atoms with E-state index >= 15 is 0 Å². The standard InChI is InChI=1S/C27H25F3N6O2/c1-2-24(37)33-19-4-3-5-21(14-19)38-26-22-15-23(34-25(22)31-17-32-26)18-6-8-20(9-7-18)36-12-10-35(11-13-36)16-27(28,29)30/h2-9,14-15,17H,1,10-13,16H2,(H,33,37)(H,31,32,34). The number of benzene rings is 2. The van der Waals surface area contributed by atoms with Crippen molar-refractivity contribution in [2.24, 2.45) is 0 Å². The lowest BCUT2D eigenvalue weighted by molar-refractivity contribution is -0.146. The molecule has 1 aliphatic rings. The van der Waals surface area contributed by atoms with Gasteiger partial charge in [0.2, 0.25) is 11.8 Å². The van der Waals surface area contributed by atoms with Crippen molar-refractivity contribution in [3.05, 3.63) is 73.6 Å². The Balaban J connectivity index is 1.30. The lowest BCUT2D eigenvalue weighted by atomic mass is 10.1. The molecule has 8 nitrogen and oxygen atoms in total. The summed E-state index contributed by atoms with van der Waals surface area (Å²) in [4.78, 5) is 27.0. The number of piperazine rings is 1. The van der Waals surface area contributed by atoms with Crippen LogP contribution >= 0.6 is 0 Å². The maximum Gasteiger partial charge on any atom is 0.401 e. The van der Waals surface area contributed by atoms with Crippen LogP contribution in [0.15, 0.2) is 73.6 Å². The molecule has 1 aliphatic heterocycles. The SMILES string of the molecule is C=CC(=O)Nc1cccc(Oc2ncnc3[nH]c(-c4ccc(N5CCN(CC(F)(F)F)CC5)cc4)cc23)c1. The van der Waals surface area contributed by atoms with Gasteiger partial charge in [-0.05, 0) is 42.0 Å². The van der Waals surface area contributed by atoms with Crippen molar-refractivity contribution in [2.45, 2.75) is 6.18 Å². The van der Waals surface area contributed by atoms with Crippen molar-refractivity contribution in [3.8, 4) is 22.9 Å². The van der Waals surface area contributed by atoms with Gasteiger partial charge in [-0.2, -0.15) is 13.2 Å². The number of aromatic nitrogens is 3. The maximum atomic E-state index is 12.7. The van der Waals surface area contributed by atoms with Gasteiger partial charge in [-0.15, -0.1) is 0 Å². The van der Waals surface area contributed by atoms with Crippen LogP contribution in [0, 0.1) is 0 Å². The van der Waals surface area contributed by atoms with Gasteiger partial charge in [0.05, 0.1) is 11.9 Å². The normalized spacial score (nSPS) is 14.4. The summed E-state index contributed by atoms with van der Waals surface area (Å²) < 4.78 is 44.0. The fraction of sp³-hybridized carbons (Fsp3) is 0.222. The van der Waals surface area contributed by atoms with E-state index in [-0.39, 0.29) is 5.91 Å². The number of nitrogens with zero attached hydrogens (tertiary/aromatic N) is 4. The number of rotatable bonds is 7. The average Bonchev–Trinajstić information content (AvgIpc) is 3.34. The van der Waals surface area contributed by atoms with Crippen LogP contribution in [0.3, 0.4) is 0 Å². The Hall–Kier alpha value is -4.38. The van der Waals surface area contributed by atoms with Crippen LogP contribution in [-0.4, -0.2) is 64.7 Å². The van der Waals surface area contributed by atoms with E-state index in [0.717, 1.165) is 16.9 Å². The molecule has 0 unspecified atom stereocenters. The Labute approximate surface area is 216 Å². The first kappa shape index (κ1) is 25.3. The molecule has 0 aliphatic carbocycles. The molecule has 196 valence electrons. The first-order valence-corrected chi connectivity index (χ1v) is 12.0. The topological polar surface area (TPSA) is 86.4 Å². The van der Waals surface area contributed by atoms with Gasteiger partial charge in [-0.1, -0.05) is 24.8 Å². The largest absolute Gasteiger partial charge is 0.438 e. The third-order valence-corrected chi connectivity index (χ3v) is 6.21. The number of amides is 1. The highest BCUT2D eigenvalue weighted by Gasteiger charge is 2.32. The Morgan fingerprint density at radius 2 is 1.84 bits per heavy atom. The summed E-state index contributed by atoms with van der Waals surface area (Å²) in [6.45, 7) is 4.39. The summed E-state index contributed by atoms with van der Waals surface area (Å²) in [5.74, 6) is 0.531. The molecule has 3 heterocycles. The van der Waals surface area contributed by atoms with Crippen LogP contribution in [-0.2, 0) is 4.79 Å². The van der Waals surface area contributed by atoms with Crippen LogP contribution in [0.4, 0.5) is 24.5 Å². The van der Waals surface area contributed by atoms with Gasteiger partial charge >= 0.3 is 6.18 Å². The van der Waals surface area contributed by atoms with Crippen molar-refractivity contribution in [1.82, 2.24) is 19.9 Å². The summed E-state index contributed by atoms with van der Waals surface area (Å²) in [5.41, 5.74) is 3.87. The van der Waals surface area contributed by atoms with Gasteiger partial charge in [0.1, 0.15) is 17.7 Å². The number of ether oxygens (including phenoxy) is 1. The van der Waals surface area contributed by atoms with Crippen molar-refractivity contribution in [1.29, 1.82) is 0 Å². The third kappa shape index (κ3) is 5.94. The number of hydrogen-bond acceptors (Lipinski definition) is 6. The minimum Gasteiger partial charge on any atom is -0.438 e. The predicted molar refractivity (Wildman–Crippen MR) is 139 cm³/mol. The molecule has 0 bridgehead atoms. The summed E-state index contributed by atoms with van der Waals surface area (Å²) in [6, 6.07) is 16.7. The van der Waals surface area contributed by atoms with E-state index in [0.29, 0.717) is 54.5 Å². The molecule has 1 fully saturated rings. The minimum atomic E-state index is -4.17. The second-order valence-corrected chi connectivity index (χ2v) is 8.87. The summed E-state index contributed by atoms with van der Waals surface area (Å²) in [7, 11) is 0. The summed E-state index contributed by atoms with van der Waals surface area (Å²) in [5, 5.41) is 3.38. The van der Waals surface area contributed by atoms with E-state index in [4.69, 9.17) is 4.74 Å². The number of carbonyl (C=O) groups is 1. The number of anilines is 2. The molecule has 4 aromatic rings. The van der Waals surface area contributed by atoms with Gasteiger partial charge in [0.25, 0.3) is 0 Å². The van der Waals surface area contributed by atoms with Crippen LogP contribution in [0.1, 0.15) is 0 Å². The zero-order valence-electron chi connectivity index (χ0n) is 20.3. The number of fused-ring (bicyclic) bond motifs is 1. The number of carbonyl (C=O) groups excluding carboxylic acids is 1. The zero-order valence-corrected chi connectivity index (χ0v) is 20.3. The fourth-order valence-corrected chi connectivity index (χ4v) is 4.37. The van der Waals surface area contributed by atoms with E-state index in [9.17, 15) is 18.0 Å². The first-order chi connectivity index (χ1) is 18.3. The number of nitrogens with one attached hydrogen (secondary N) is 2. The maximum absolute atomic E-state index is 12.7. The van der Waals surface area contributed by atoms with Crippen LogP contribution < -0.4 is 15.0 Å². The molecule has 0 atom stereocenters. The van der Waals surface area contributed by atoms with E-state index in [1.54, 1.807) is 24.3 Å². The molecule has 11 heteroatoms. The highest BCUT2D eigenvalue weighted by Crippen LogP contribution is 2.32. The van der Waals surface area contributed by atoms with Crippen molar-refractivity contribution in [2.75, 3.05) is 42.9 Å². The van der Waals surface area contributed by atoms with Gasteiger partial charge in [0, 0.05) is 49.3 Å². The monoisotopic (exact) mass is 522 g/mol. The van der Waals surface area contributed by atoms with Crippen molar-refractivity contribution in [3.63, 3.8) is 0 Å². The number of halogens is 3. The minimum absolute atomic E-state index is 0.323. The Kier molecular flexibility index (Phi) is 7.01. The first-order valence-electron chi connectivity index (χ1n) is 12.0. The highest BCUT2D eigenvalue weighted by atomic mass is 19.4. The van der Waals surface area contributed by atoms with E-state index < -0.39 is 12.7 Å². The molecular formula is C27H25F3N6O2. The van der Waals surface area contributed by atoms with E-state index in [1.807, 2.05) is 30.3 Å². The predicted octanol–water partition coefficient (Wildman–Crippen LogP) is 5.23. The van der Waals surface area contributed by atoms with Gasteiger partial charge in [-0.3, -0.25) is 9.69 Å². The van der Waals surface area contributed by atoms with E-state index in [2.05, 4.69) is 31.7 Å². The fourth-order valence-electron chi connectivity index (χ4n) is 4.37. The molecule has 0 saturated carbocycles. The molecule has 2 N–H and O–H groups in total. The average molecular weight is 523 g/mol. The number of aromatic amines is 1. The molecule has 0 spiro atoms. The van der Waals surface area contributed by atoms with Gasteiger partial charge in [-0.25, -0.2) is 9.97 Å². The van der Waals surface area contributed by atoms with E-state index in [1.165, 1.54) is 17.3 Å². The van der Waals surface area contributed by atoms with Crippen LogP contribution in [0.5, 0.6) is 11.6 Å². The quantitative estimate of drug-likeness (QED) is 0.324. The molecule has 1 amide bonds. The zero-order chi connectivity index (χ0) is 26.7. The smallest absolute Gasteiger partial charge is 0.401 e. The number of alkyl halides is 3. The summed E-state index contributed by atoms with van der Waals surface area (Å²) >= 11 is 0. The highest BCUT2D eigenvalue weighted by molar-refractivity contribution is 5.99. The molecule has 2 aromatic heterocycles. The lowest BCUT2D eigenvalue weighted by Gasteiger charge is -2.36. The summed E-state index contributed by atoms with van der Waals surface area (Å²) in [6.07, 6.45) is -1.58. The van der Waals surface area contributed by atoms with Gasteiger partial charge < -0.3 is 19.9 Å². The second-order valence-electron chi connectivity index (χ2n) is 8.87. The molecule has 0 radical (unpaired) electrons. The van der Waals surface area contributed by atoms with Gasteiger partial charge in [0.15, 0.2) is 0 Å². The molecular weight excluding hydrogens is 497 g/mol. The molecule has 2 aromatic carbocycles. The molecule has 1 saturated heterocycles. The molecule has 5 rings (SSSR count). The van der Waals surface area contributed by atoms with Crippen molar-refractivity contribution >= 4 is 28.3 Å².